The maximum atomic E-state index is 12.8. The number of halogens is 1. The molecule has 0 atom stereocenters. The summed E-state index contributed by atoms with van der Waals surface area (Å²) in [6, 6.07) is 16.6. The van der Waals surface area contributed by atoms with E-state index in [1.165, 1.54) is 4.68 Å². The van der Waals surface area contributed by atoms with Crippen LogP contribution in [-0.4, -0.2) is 9.78 Å². The number of benzene rings is 2. The number of fused-ring (bicyclic) bond motifs is 3. The van der Waals surface area contributed by atoms with E-state index in [-0.39, 0.29) is 18.5 Å². The minimum atomic E-state index is -0.260. The molecule has 2 aliphatic rings. The topological polar surface area (TPSA) is 71.8 Å². The highest BCUT2D eigenvalue weighted by molar-refractivity contribution is 6.30. The van der Waals surface area contributed by atoms with Gasteiger partial charge in [-0.05, 0) is 36.4 Å². The third-order valence-electron chi connectivity index (χ3n) is 4.03. The quantitative estimate of drug-likeness (QED) is 0.552. The first-order chi connectivity index (χ1) is 12.2. The highest BCUT2D eigenvalue weighted by Crippen LogP contribution is 2.37. The normalized spacial score (nSPS) is 11.0. The second kappa shape index (κ2) is 6.08. The molecule has 0 bridgehead atoms. The minimum absolute atomic E-state index is 0.217. The Labute approximate surface area is 148 Å². The Kier molecular flexibility index (Phi) is 3.75. The molecule has 5 nitrogen and oxygen atoms in total. The summed E-state index contributed by atoms with van der Waals surface area (Å²) in [6.07, 6.45) is 0.217. The van der Waals surface area contributed by atoms with Crippen LogP contribution in [-0.2, 0) is 6.54 Å². The monoisotopic (exact) mass is 349 g/mol. The van der Waals surface area contributed by atoms with E-state index in [1.807, 2.05) is 30.3 Å². The van der Waals surface area contributed by atoms with Crippen LogP contribution in [0.3, 0.4) is 0 Å². The standard InChI is InChI=1S/C19H12ClN3O2/c20-13-8-6-12(7-9-13)18-16-17(14-4-1-2-5-15(14)25-18)22-23(19(16)24)11-3-10-21/h1-2,4-9H,3,11H2. The summed E-state index contributed by atoms with van der Waals surface area (Å²) < 4.78 is 7.37. The number of hydrogen-bond donors (Lipinski definition) is 0. The minimum Gasteiger partial charge on any atom is -0.455 e. The van der Waals surface area contributed by atoms with Gasteiger partial charge < -0.3 is 4.42 Å². The Morgan fingerprint density at radius 1 is 1.16 bits per heavy atom. The molecule has 6 heteroatoms. The van der Waals surface area contributed by atoms with Crippen molar-refractivity contribution in [2.45, 2.75) is 13.0 Å². The smallest absolute Gasteiger partial charge is 0.280 e. The molecule has 2 heterocycles. The third-order valence-corrected chi connectivity index (χ3v) is 4.28. The molecule has 2 aliphatic heterocycles. The molecule has 25 heavy (non-hydrogen) atoms. The zero-order valence-electron chi connectivity index (χ0n) is 13.1. The average Bonchev–Trinajstić information content (AvgIpc) is 2.97. The van der Waals surface area contributed by atoms with Gasteiger partial charge in [-0.1, -0.05) is 23.7 Å². The molecule has 2 aromatic rings. The number of nitriles is 1. The maximum Gasteiger partial charge on any atom is 0.280 e. The summed E-state index contributed by atoms with van der Waals surface area (Å²) in [5.41, 5.74) is 2.13. The number of aromatic nitrogens is 2. The fraction of sp³-hybridized carbons (Fsp3) is 0.105. The number of para-hydroxylation sites is 1. The second-order valence-corrected chi connectivity index (χ2v) is 6.03. The first-order valence-electron chi connectivity index (χ1n) is 7.74. The first kappa shape index (κ1) is 15.4. The predicted molar refractivity (Wildman–Crippen MR) is 95.6 cm³/mol. The molecule has 0 aliphatic carbocycles. The Morgan fingerprint density at radius 3 is 2.68 bits per heavy atom. The lowest BCUT2D eigenvalue weighted by atomic mass is 10.0. The van der Waals surface area contributed by atoms with Gasteiger partial charge in [0.05, 0.1) is 19.0 Å². The second-order valence-electron chi connectivity index (χ2n) is 5.59. The van der Waals surface area contributed by atoms with E-state index in [4.69, 9.17) is 21.3 Å². The molecule has 2 aromatic carbocycles. The molecule has 0 unspecified atom stereocenters. The van der Waals surface area contributed by atoms with Crippen molar-refractivity contribution in [2.24, 2.45) is 0 Å². The number of aryl methyl sites for hydroxylation is 1. The van der Waals surface area contributed by atoms with Crippen molar-refractivity contribution >= 4 is 22.6 Å². The summed E-state index contributed by atoms with van der Waals surface area (Å²) in [5.74, 6) is 0.457. The van der Waals surface area contributed by atoms with Gasteiger partial charge in [0.1, 0.15) is 22.6 Å². The van der Waals surface area contributed by atoms with Crippen molar-refractivity contribution in [3.8, 4) is 28.7 Å². The van der Waals surface area contributed by atoms with Crippen molar-refractivity contribution in [2.75, 3.05) is 0 Å². The van der Waals surface area contributed by atoms with Gasteiger partial charge >= 0.3 is 0 Å². The molecule has 122 valence electrons. The maximum absolute atomic E-state index is 12.8. The molecule has 0 aromatic heterocycles. The van der Waals surface area contributed by atoms with Crippen LogP contribution in [0.2, 0.25) is 5.02 Å². The Hall–Kier alpha value is -3.10. The van der Waals surface area contributed by atoms with Crippen LogP contribution in [0.5, 0.6) is 0 Å². The third kappa shape index (κ3) is 2.57. The summed E-state index contributed by atoms with van der Waals surface area (Å²) in [5, 5.41) is 14.6. The van der Waals surface area contributed by atoms with Crippen molar-refractivity contribution in [1.82, 2.24) is 9.78 Å². The molecule has 0 saturated carbocycles. The molecule has 4 rings (SSSR count). The van der Waals surface area contributed by atoms with Gasteiger partial charge in [0.15, 0.2) is 0 Å². The first-order valence-corrected chi connectivity index (χ1v) is 8.12. The van der Waals surface area contributed by atoms with Crippen LogP contribution in [0.25, 0.3) is 33.6 Å². The largest absolute Gasteiger partial charge is 0.455 e. The molecule has 0 N–H and O–H groups in total. The average molecular weight is 350 g/mol. The fourth-order valence-electron chi connectivity index (χ4n) is 2.86. The lowest BCUT2D eigenvalue weighted by molar-refractivity contribution is 0.612. The van der Waals surface area contributed by atoms with E-state index < -0.39 is 0 Å². The van der Waals surface area contributed by atoms with Crippen molar-refractivity contribution < 1.29 is 4.42 Å². The molecule has 0 radical (unpaired) electrons. The summed E-state index contributed by atoms with van der Waals surface area (Å²) in [4.78, 5) is 12.8. The van der Waals surface area contributed by atoms with E-state index in [0.717, 1.165) is 10.9 Å². The van der Waals surface area contributed by atoms with Crippen LogP contribution in [0.15, 0.2) is 57.7 Å². The Bertz CT molecular complexity index is 1140. The number of hydrogen-bond acceptors (Lipinski definition) is 4. The number of nitrogens with zero attached hydrogens (tertiary/aromatic N) is 3. The van der Waals surface area contributed by atoms with Crippen molar-refractivity contribution in [1.29, 1.82) is 5.26 Å². The zero-order valence-corrected chi connectivity index (χ0v) is 13.8. The molecule has 0 amide bonds. The molecule has 0 saturated heterocycles. The predicted octanol–water partition coefficient (Wildman–Crippen LogP) is 4.33. The van der Waals surface area contributed by atoms with E-state index in [2.05, 4.69) is 5.10 Å². The molecular weight excluding hydrogens is 338 g/mol. The van der Waals surface area contributed by atoms with Crippen LogP contribution < -0.4 is 5.56 Å². The van der Waals surface area contributed by atoms with Gasteiger partial charge in [0.25, 0.3) is 5.56 Å². The van der Waals surface area contributed by atoms with Crippen LogP contribution in [0.1, 0.15) is 6.42 Å². The summed E-state index contributed by atoms with van der Waals surface area (Å²) in [7, 11) is 0. The van der Waals surface area contributed by atoms with Gasteiger partial charge in [-0.2, -0.15) is 10.4 Å². The van der Waals surface area contributed by atoms with Gasteiger partial charge in [-0.15, -0.1) is 0 Å². The van der Waals surface area contributed by atoms with Crippen molar-refractivity contribution in [3.63, 3.8) is 0 Å². The highest BCUT2D eigenvalue weighted by Gasteiger charge is 2.25. The van der Waals surface area contributed by atoms with Crippen LogP contribution >= 0.6 is 11.6 Å². The van der Waals surface area contributed by atoms with Gasteiger partial charge in [0, 0.05) is 16.0 Å². The van der Waals surface area contributed by atoms with E-state index in [9.17, 15) is 4.79 Å². The molecule has 0 spiro atoms. The molecular formula is C19H12ClN3O2. The molecule has 0 fully saturated rings. The zero-order chi connectivity index (χ0) is 17.4. The Morgan fingerprint density at radius 2 is 1.92 bits per heavy atom. The van der Waals surface area contributed by atoms with Crippen molar-refractivity contribution in [3.05, 3.63) is 63.9 Å². The Balaban J connectivity index is 2.06. The highest BCUT2D eigenvalue weighted by atomic mass is 35.5. The number of rotatable bonds is 3. The SMILES string of the molecule is N#CCCn1nc2c3ccccc3oc(-c3ccc(Cl)cc3)c-2c1=O. The van der Waals surface area contributed by atoms with E-state index in [1.54, 1.807) is 24.3 Å². The summed E-state index contributed by atoms with van der Waals surface area (Å²) in [6.45, 7) is 0.248. The lowest BCUT2D eigenvalue weighted by Gasteiger charge is -2.08. The van der Waals surface area contributed by atoms with Gasteiger partial charge in [-0.3, -0.25) is 4.79 Å². The van der Waals surface area contributed by atoms with Gasteiger partial charge in [0.2, 0.25) is 0 Å². The van der Waals surface area contributed by atoms with Gasteiger partial charge in [-0.25, -0.2) is 4.68 Å². The van der Waals surface area contributed by atoms with Crippen LogP contribution in [0, 0.1) is 11.3 Å². The fourth-order valence-corrected chi connectivity index (χ4v) is 2.99. The van der Waals surface area contributed by atoms with Crippen LogP contribution in [0.4, 0.5) is 0 Å². The van der Waals surface area contributed by atoms with E-state index in [0.29, 0.717) is 27.6 Å². The van der Waals surface area contributed by atoms with E-state index >= 15 is 0 Å². The lowest BCUT2D eigenvalue weighted by Crippen LogP contribution is -2.16. The summed E-state index contributed by atoms with van der Waals surface area (Å²) >= 11 is 5.97.